The molecule has 0 aromatic heterocycles. The van der Waals surface area contributed by atoms with E-state index in [0.717, 1.165) is 37.0 Å². The summed E-state index contributed by atoms with van der Waals surface area (Å²) in [5.74, 6) is 0.201. The highest BCUT2D eigenvalue weighted by molar-refractivity contribution is 5.75. The van der Waals surface area contributed by atoms with Crippen LogP contribution in [0.5, 0.6) is 0 Å². The summed E-state index contributed by atoms with van der Waals surface area (Å²) >= 11 is 0. The summed E-state index contributed by atoms with van der Waals surface area (Å²) < 4.78 is 0.811. The second kappa shape index (κ2) is 25.2. The molecule has 0 rings (SSSR count). The number of rotatable bonds is 22. The predicted molar refractivity (Wildman–Crippen MR) is 135 cm³/mol. The van der Waals surface area contributed by atoms with Crippen LogP contribution in [0.15, 0.2) is 0 Å². The van der Waals surface area contributed by atoms with Crippen molar-refractivity contribution in [2.24, 2.45) is 0 Å². The Morgan fingerprint density at radius 3 is 1.58 bits per heavy atom. The molecular weight excluding hydrogens is 422 g/mol. The van der Waals surface area contributed by atoms with Crippen LogP contribution in [0.25, 0.3) is 0 Å². The zero-order valence-corrected chi connectivity index (χ0v) is 21.9. The van der Waals surface area contributed by atoms with Crippen LogP contribution in [-0.2, 0) is 4.79 Å². The number of aliphatic hydroxyl groups excluding tert-OH is 1. The standard InChI is InChI=1S/C25H52N2O2.HNO3/c1-4-5-6-7-8-9-10-11-12-13-14-15-16-17-18-20-25(29)26-21-19-22-27(2,3)23-24-28;2-1(3)4/h28H,4-24H2,1-3H3;(H,2,3,4)/p+1. The molecule has 8 nitrogen and oxygen atoms in total. The Kier molecular flexibility index (Phi) is 25.8. The van der Waals surface area contributed by atoms with Crippen molar-refractivity contribution in [2.75, 3.05) is 40.3 Å². The first-order valence-electron chi connectivity index (χ1n) is 13.3. The van der Waals surface area contributed by atoms with E-state index < -0.39 is 5.09 Å². The number of unbranched alkanes of at least 4 members (excludes halogenated alkanes) is 14. The molecule has 0 fully saturated rings. The Balaban J connectivity index is 0. The first kappa shape index (κ1) is 33.8. The monoisotopic (exact) mass is 476 g/mol. The van der Waals surface area contributed by atoms with Crippen LogP contribution in [-0.4, -0.2) is 66.1 Å². The molecule has 0 heterocycles. The number of aliphatic hydroxyl groups is 1. The van der Waals surface area contributed by atoms with Gasteiger partial charge in [-0.3, -0.25) is 4.79 Å². The van der Waals surface area contributed by atoms with Gasteiger partial charge in [-0.2, -0.15) is 0 Å². The van der Waals surface area contributed by atoms with E-state index >= 15 is 0 Å². The van der Waals surface area contributed by atoms with Crippen LogP contribution < -0.4 is 5.32 Å². The second-order valence-electron chi connectivity index (χ2n) is 9.75. The third-order valence-electron chi connectivity index (χ3n) is 5.98. The summed E-state index contributed by atoms with van der Waals surface area (Å²) in [5, 5.41) is 25.7. The van der Waals surface area contributed by atoms with Crippen LogP contribution >= 0.6 is 0 Å². The van der Waals surface area contributed by atoms with E-state index in [2.05, 4.69) is 26.3 Å². The topological polar surface area (TPSA) is 113 Å². The minimum Gasteiger partial charge on any atom is -0.391 e. The summed E-state index contributed by atoms with van der Waals surface area (Å²) in [6.07, 6.45) is 22.0. The van der Waals surface area contributed by atoms with E-state index in [4.69, 9.17) is 20.4 Å². The lowest BCUT2D eigenvalue weighted by Gasteiger charge is -2.28. The van der Waals surface area contributed by atoms with E-state index in [1.54, 1.807) is 0 Å². The van der Waals surface area contributed by atoms with Crippen molar-refractivity contribution in [2.45, 2.75) is 116 Å². The zero-order valence-electron chi connectivity index (χ0n) is 21.9. The molecule has 198 valence electrons. The van der Waals surface area contributed by atoms with Crippen molar-refractivity contribution in [3.05, 3.63) is 10.1 Å². The minimum absolute atomic E-state index is 0.201. The van der Waals surface area contributed by atoms with Gasteiger partial charge in [-0.1, -0.05) is 96.8 Å². The molecule has 33 heavy (non-hydrogen) atoms. The maximum Gasteiger partial charge on any atom is 0.291 e. The average molecular weight is 477 g/mol. The fourth-order valence-electron chi connectivity index (χ4n) is 3.86. The van der Waals surface area contributed by atoms with Gasteiger partial charge >= 0.3 is 0 Å². The first-order valence-corrected chi connectivity index (χ1v) is 13.3. The average Bonchev–Trinajstić information content (AvgIpc) is 2.73. The number of hydrogen-bond acceptors (Lipinski definition) is 4. The Morgan fingerprint density at radius 2 is 1.18 bits per heavy atom. The quantitative estimate of drug-likeness (QED) is 0.0829. The summed E-state index contributed by atoms with van der Waals surface area (Å²) in [4.78, 5) is 20.2. The van der Waals surface area contributed by atoms with Gasteiger partial charge in [0.1, 0.15) is 6.54 Å². The summed E-state index contributed by atoms with van der Waals surface area (Å²) in [6.45, 7) is 5.01. The lowest BCUT2D eigenvalue weighted by atomic mass is 10.0. The minimum atomic E-state index is -1.50. The maximum absolute atomic E-state index is 11.9. The van der Waals surface area contributed by atoms with E-state index in [-0.39, 0.29) is 12.5 Å². The van der Waals surface area contributed by atoms with Crippen LogP contribution in [0.4, 0.5) is 0 Å². The second-order valence-corrected chi connectivity index (χ2v) is 9.75. The Bertz CT molecular complexity index is 444. The van der Waals surface area contributed by atoms with Crippen molar-refractivity contribution >= 4 is 5.91 Å². The number of hydrogen-bond donors (Lipinski definition) is 3. The molecule has 0 aliphatic rings. The van der Waals surface area contributed by atoms with E-state index in [1.807, 2.05) is 0 Å². The molecule has 0 radical (unpaired) electrons. The molecule has 8 heteroatoms. The largest absolute Gasteiger partial charge is 0.391 e. The lowest BCUT2D eigenvalue weighted by Crippen LogP contribution is -2.43. The Hall–Kier alpha value is -1.41. The molecule has 0 bridgehead atoms. The normalized spacial score (nSPS) is 11.0. The number of likely N-dealkylation sites (N-methyl/N-ethyl adjacent to an activating group) is 1. The molecule has 0 aliphatic heterocycles. The van der Waals surface area contributed by atoms with Gasteiger partial charge in [-0.05, 0) is 6.42 Å². The van der Waals surface area contributed by atoms with Crippen molar-refractivity contribution in [3.63, 3.8) is 0 Å². The highest BCUT2D eigenvalue weighted by Crippen LogP contribution is 2.13. The van der Waals surface area contributed by atoms with Gasteiger partial charge in [0.25, 0.3) is 5.09 Å². The smallest absolute Gasteiger partial charge is 0.291 e. The number of carbonyl (C=O) groups excluding carboxylic acids is 1. The summed E-state index contributed by atoms with van der Waals surface area (Å²) in [5.41, 5.74) is 0. The molecule has 3 N–H and O–H groups in total. The maximum atomic E-state index is 11.9. The number of amides is 1. The summed E-state index contributed by atoms with van der Waals surface area (Å²) in [7, 11) is 4.24. The van der Waals surface area contributed by atoms with Gasteiger partial charge in [0.15, 0.2) is 0 Å². The molecule has 0 unspecified atom stereocenters. The molecule has 1 amide bonds. The SMILES string of the molecule is CCCCCCCCCCCCCCCCCC(=O)NCCC[N+](C)(C)CCO.O=[N+]([O-])O. The fourth-order valence-corrected chi connectivity index (χ4v) is 3.86. The number of nitrogens with one attached hydrogen (secondary N) is 1. The predicted octanol–water partition coefficient (Wildman–Crippen LogP) is 5.48. The third-order valence-corrected chi connectivity index (χ3v) is 5.98. The lowest BCUT2D eigenvalue weighted by molar-refractivity contribution is -0.890. The summed E-state index contributed by atoms with van der Waals surface area (Å²) in [6, 6.07) is 0. The van der Waals surface area contributed by atoms with Crippen LogP contribution in [0.1, 0.15) is 116 Å². The van der Waals surface area contributed by atoms with E-state index in [1.165, 1.54) is 89.9 Å². The molecular formula is C25H54N3O5+. The van der Waals surface area contributed by atoms with Crippen LogP contribution in [0.3, 0.4) is 0 Å². The zero-order chi connectivity index (χ0) is 25.2. The van der Waals surface area contributed by atoms with Gasteiger partial charge in [0, 0.05) is 19.4 Å². The van der Waals surface area contributed by atoms with Gasteiger partial charge in [-0.15, -0.1) is 10.1 Å². The van der Waals surface area contributed by atoms with Gasteiger partial charge in [0.2, 0.25) is 5.91 Å². The number of quaternary nitrogens is 1. The molecule has 0 aromatic rings. The fraction of sp³-hybridized carbons (Fsp3) is 0.960. The molecule has 0 saturated heterocycles. The molecule has 0 atom stereocenters. The van der Waals surface area contributed by atoms with Crippen molar-refractivity contribution < 1.29 is 24.7 Å². The van der Waals surface area contributed by atoms with Gasteiger partial charge in [-0.25, -0.2) is 0 Å². The van der Waals surface area contributed by atoms with Crippen LogP contribution in [0, 0.1) is 10.1 Å². The van der Waals surface area contributed by atoms with Crippen LogP contribution in [0.2, 0.25) is 0 Å². The third kappa shape index (κ3) is 32.8. The van der Waals surface area contributed by atoms with Crippen molar-refractivity contribution in [1.29, 1.82) is 0 Å². The first-order chi connectivity index (χ1) is 15.7. The Morgan fingerprint density at radius 1 is 0.788 bits per heavy atom. The molecule has 0 saturated carbocycles. The Labute approximate surface area is 202 Å². The van der Waals surface area contributed by atoms with E-state index in [9.17, 15) is 4.79 Å². The molecule has 0 aliphatic carbocycles. The van der Waals surface area contributed by atoms with Crippen molar-refractivity contribution in [1.82, 2.24) is 5.32 Å². The molecule has 0 aromatic carbocycles. The van der Waals surface area contributed by atoms with Gasteiger partial charge in [0.05, 0.1) is 27.2 Å². The number of nitrogens with zero attached hydrogens (tertiary/aromatic N) is 2. The van der Waals surface area contributed by atoms with Gasteiger partial charge < -0.3 is 20.1 Å². The highest BCUT2D eigenvalue weighted by atomic mass is 16.9. The molecule has 0 spiro atoms. The van der Waals surface area contributed by atoms with E-state index in [0.29, 0.717) is 6.42 Å². The van der Waals surface area contributed by atoms with Crippen molar-refractivity contribution in [3.8, 4) is 0 Å². The number of carbonyl (C=O) groups is 1. The highest BCUT2D eigenvalue weighted by Gasteiger charge is 2.13.